The zero-order chi connectivity index (χ0) is 25.5. The van der Waals surface area contributed by atoms with Crippen LogP contribution in [0.25, 0.3) is 11.1 Å². The molecule has 2 fully saturated rings. The Morgan fingerprint density at radius 2 is 1.65 bits per heavy atom. The number of hydrogen-bond acceptors (Lipinski definition) is 6. The summed E-state index contributed by atoms with van der Waals surface area (Å²) >= 11 is 0. The van der Waals surface area contributed by atoms with Crippen LogP contribution in [0.4, 0.5) is 5.69 Å². The molecule has 5 heterocycles. The molecule has 37 heavy (non-hydrogen) atoms. The Morgan fingerprint density at radius 1 is 0.946 bits per heavy atom. The fraction of sp³-hybridized carbons (Fsp3) is 0.448. The second kappa shape index (κ2) is 9.84. The second-order valence-corrected chi connectivity index (χ2v) is 10.9. The molecular formula is C29H34N6O2. The van der Waals surface area contributed by atoms with E-state index in [0.29, 0.717) is 5.56 Å². The van der Waals surface area contributed by atoms with Gasteiger partial charge in [-0.3, -0.25) is 14.6 Å². The van der Waals surface area contributed by atoms with Crippen molar-refractivity contribution in [3.8, 4) is 0 Å². The van der Waals surface area contributed by atoms with E-state index >= 15 is 0 Å². The summed E-state index contributed by atoms with van der Waals surface area (Å²) in [7, 11) is 4.21. The third kappa shape index (κ3) is 4.71. The fourth-order valence-corrected chi connectivity index (χ4v) is 5.88. The van der Waals surface area contributed by atoms with Gasteiger partial charge >= 0.3 is 0 Å². The third-order valence-electron chi connectivity index (χ3n) is 8.30. The van der Waals surface area contributed by atoms with E-state index < -0.39 is 0 Å². The molecule has 192 valence electrons. The molecule has 6 rings (SSSR count). The lowest BCUT2D eigenvalue weighted by molar-refractivity contribution is -0.121. The molecule has 0 aromatic carbocycles. The van der Waals surface area contributed by atoms with Crippen molar-refractivity contribution in [2.75, 3.05) is 45.6 Å². The van der Waals surface area contributed by atoms with Crippen LogP contribution in [0.1, 0.15) is 52.9 Å². The SMILES string of the molecule is CN1CCC(C(=O)Nc2cnc3c(c2)C(c2ccn4ncc(C(=O)C5CCN(C)CC5)c4c2)=CC3)CC1. The van der Waals surface area contributed by atoms with Crippen LogP contribution in [0, 0.1) is 11.8 Å². The lowest BCUT2D eigenvalue weighted by Gasteiger charge is -2.28. The lowest BCUT2D eigenvalue weighted by Crippen LogP contribution is -2.35. The molecular weight excluding hydrogens is 464 g/mol. The first kappa shape index (κ1) is 24.0. The molecule has 1 N–H and O–H groups in total. The number of hydrogen-bond donors (Lipinski definition) is 1. The van der Waals surface area contributed by atoms with Gasteiger partial charge in [0.25, 0.3) is 0 Å². The summed E-state index contributed by atoms with van der Waals surface area (Å²) in [5, 5.41) is 7.57. The summed E-state index contributed by atoms with van der Waals surface area (Å²) in [6.07, 6.45) is 11.9. The molecule has 0 spiro atoms. The summed E-state index contributed by atoms with van der Waals surface area (Å²) in [6.45, 7) is 3.81. The highest BCUT2D eigenvalue weighted by Crippen LogP contribution is 2.34. The molecule has 3 aromatic heterocycles. The van der Waals surface area contributed by atoms with E-state index in [1.165, 1.54) is 0 Å². The molecule has 0 atom stereocenters. The highest BCUT2D eigenvalue weighted by molar-refractivity contribution is 6.04. The molecule has 1 aliphatic carbocycles. The molecule has 0 unspecified atom stereocenters. The van der Waals surface area contributed by atoms with Crippen molar-refractivity contribution in [3.05, 3.63) is 65.2 Å². The predicted molar refractivity (Wildman–Crippen MR) is 144 cm³/mol. The average Bonchev–Trinajstić information content (AvgIpc) is 3.52. The Morgan fingerprint density at radius 3 is 2.38 bits per heavy atom. The number of piperidine rings is 2. The molecule has 1 amide bonds. The van der Waals surface area contributed by atoms with Crippen LogP contribution >= 0.6 is 0 Å². The smallest absolute Gasteiger partial charge is 0.227 e. The van der Waals surface area contributed by atoms with Gasteiger partial charge in [-0.1, -0.05) is 6.08 Å². The zero-order valence-electron chi connectivity index (χ0n) is 21.6. The van der Waals surface area contributed by atoms with Crippen molar-refractivity contribution < 1.29 is 9.59 Å². The van der Waals surface area contributed by atoms with E-state index in [-0.39, 0.29) is 23.5 Å². The maximum absolute atomic E-state index is 13.4. The first-order valence-corrected chi connectivity index (χ1v) is 13.4. The topological polar surface area (TPSA) is 82.8 Å². The van der Waals surface area contributed by atoms with Gasteiger partial charge in [0.05, 0.1) is 34.9 Å². The Hall–Kier alpha value is -3.36. The zero-order valence-corrected chi connectivity index (χ0v) is 21.6. The molecule has 0 bridgehead atoms. The van der Waals surface area contributed by atoms with E-state index in [1.807, 2.05) is 18.3 Å². The minimum Gasteiger partial charge on any atom is -0.324 e. The summed E-state index contributed by atoms with van der Waals surface area (Å²) in [5.41, 5.74) is 6.43. The number of nitrogens with one attached hydrogen (secondary N) is 1. The van der Waals surface area contributed by atoms with Crippen LogP contribution in [-0.2, 0) is 11.2 Å². The Balaban J connectivity index is 1.24. The maximum Gasteiger partial charge on any atom is 0.227 e. The quantitative estimate of drug-likeness (QED) is 0.542. The van der Waals surface area contributed by atoms with Crippen LogP contribution in [0.2, 0.25) is 0 Å². The van der Waals surface area contributed by atoms with Gasteiger partial charge in [-0.05, 0) is 95.3 Å². The van der Waals surface area contributed by atoms with E-state index in [0.717, 1.165) is 91.9 Å². The number of aromatic nitrogens is 3. The number of allylic oxidation sites excluding steroid dienone is 1. The highest BCUT2D eigenvalue weighted by atomic mass is 16.2. The van der Waals surface area contributed by atoms with Gasteiger partial charge in [0, 0.05) is 30.0 Å². The van der Waals surface area contributed by atoms with Crippen molar-refractivity contribution in [1.82, 2.24) is 24.4 Å². The van der Waals surface area contributed by atoms with Gasteiger partial charge in [-0.15, -0.1) is 0 Å². The summed E-state index contributed by atoms with van der Waals surface area (Å²) in [6, 6.07) is 6.15. The minimum absolute atomic E-state index is 0.0456. The number of Topliss-reactive ketones (excluding diaryl/α,β-unsaturated/α-hetero) is 1. The van der Waals surface area contributed by atoms with Crippen LogP contribution < -0.4 is 5.32 Å². The summed E-state index contributed by atoms with van der Waals surface area (Å²) < 4.78 is 1.79. The number of anilines is 1. The van der Waals surface area contributed by atoms with Gasteiger partial charge in [0.1, 0.15) is 0 Å². The number of fused-ring (bicyclic) bond motifs is 2. The number of carbonyl (C=O) groups is 2. The number of ketones is 1. The van der Waals surface area contributed by atoms with Gasteiger partial charge in [0.2, 0.25) is 5.91 Å². The third-order valence-corrected chi connectivity index (χ3v) is 8.30. The average molecular weight is 499 g/mol. The number of amides is 1. The summed E-state index contributed by atoms with van der Waals surface area (Å²) in [5.74, 6) is 0.376. The molecule has 8 heteroatoms. The van der Waals surface area contributed by atoms with Crippen LogP contribution in [-0.4, -0.2) is 76.4 Å². The molecule has 2 saturated heterocycles. The Bertz CT molecular complexity index is 1380. The molecule has 3 aliphatic rings. The number of pyridine rings is 2. The van der Waals surface area contributed by atoms with Gasteiger partial charge in [0.15, 0.2) is 5.78 Å². The number of carbonyl (C=O) groups excluding carboxylic acids is 2. The van der Waals surface area contributed by atoms with E-state index in [4.69, 9.17) is 0 Å². The molecule has 2 aliphatic heterocycles. The van der Waals surface area contributed by atoms with Crippen molar-refractivity contribution in [2.24, 2.45) is 11.8 Å². The van der Waals surface area contributed by atoms with Crippen molar-refractivity contribution >= 4 is 28.5 Å². The minimum atomic E-state index is 0.0456. The van der Waals surface area contributed by atoms with Crippen molar-refractivity contribution in [3.63, 3.8) is 0 Å². The lowest BCUT2D eigenvalue weighted by atomic mass is 9.89. The number of likely N-dealkylation sites (tertiary alicyclic amines) is 2. The Labute approximate surface area is 217 Å². The van der Waals surface area contributed by atoms with E-state index in [9.17, 15) is 9.59 Å². The monoisotopic (exact) mass is 498 g/mol. The molecule has 8 nitrogen and oxygen atoms in total. The van der Waals surface area contributed by atoms with Crippen LogP contribution in [0.3, 0.4) is 0 Å². The molecule has 3 aromatic rings. The first-order valence-electron chi connectivity index (χ1n) is 13.4. The highest BCUT2D eigenvalue weighted by Gasteiger charge is 2.28. The number of nitrogens with zero attached hydrogens (tertiary/aromatic N) is 5. The van der Waals surface area contributed by atoms with Crippen LogP contribution in [0.15, 0.2) is 42.9 Å². The number of rotatable bonds is 5. The maximum atomic E-state index is 13.4. The second-order valence-electron chi connectivity index (χ2n) is 10.9. The van der Waals surface area contributed by atoms with Gasteiger partial charge < -0.3 is 15.1 Å². The molecule has 0 radical (unpaired) electrons. The van der Waals surface area contributed by atoms with Crippen LogP contribution in [0.5, 0.6) is 0 Å². The predicted octanol–water partition coefficient (Wildman–Crippen LogP) is 3.52. The molecule has 0 saturated carbocycles. The van der Waals surface area contributed by atoms with Gasteiger partial charge in [-0.2, -0.15) is 5.10 Å². The van der Waals surface area contributed by atoms with Gasteiger partial charge in [-0.25, -0.2) is 4.52 Å². The fourth-order valence-electron chi connectivity index (χ4n) is 5.88. The van der Waals surface area contributed by atoms with Crippen molar-refractivity contribution in [1.29, 1.82) is 0 Å². The Kier molecular flexibility index (Phi) is 6.38. The largest absolute Gasteiger partial charge is 0.324 e. The van der Waals surface area contributed by atoms with Crippen molar-refractivity contribution in [2.45, 2.75) is 32.1 Å². The first-order chi connectivity index (χ1) is 18.0. The standard InChI is InChI=1S/C29H34N6O2/c1-33-10-5-19(6-11-33)28(36)25-18-31-35-14-9-21(15-27(25)35)23-3-4-26-24(23)16-22(17-30-26)32-29(37)20-7-12-34(2)13-8-20/h3,9,14-20H,4-8,10-13H2,1-2H3,(H,32,37). The van der Waals surface area contributed by atoms with E-state index in [2.05, 4.69) is 51.4 Å². The van der Waals surface area contributed by atoms with E-state index in [1.54, 1.807) is 16.9 Å². The normalized spacial score (nSPS) is 19.7. The summed E-state index contributed by atoms with van der Waals surface area (Å²) in [4.78, 5) is 35.4.